The number of halogens is 1. The van der Waals surface area contributed by atoms with Gasteiger partial charge < -0.3 is 26.6 Å². The van der Waals surface area contributed by atoms with Crippen LogP contribution in [0.5, 0.6) is 0 Å². The number of rotatable bonds is 7. The zero-order valence-electron chi connectivity index (χ0n) is 20.1. The summed E-state index contributed by atoms with van der Waals surface area (Å²) in [6, 6.07) is 4.56. The standard InChI is InChI=1S/C26H31FN6O2/c1-3-7-33(8-4-2)26(35)23-12-17-11-21(27)20(10-16(17)13-24(28)32-23)25(34)31-19-9-18-14-29-6-5-22(18)30-15-19/h9-13,15,29,32H,3-8,14,28H2,1-2H3,(H,31,34). The molecule has 35 heavy (non-hydrogen) atoms. The molecule has 184 valence electrons. The van der Waals surface area contributed by atoms with E-state index in [2.05, 4.69) is 20.9 Å². The van der Waals surface area contributed by atoms with E-state index in [-0.39, 0.29) is 23.0 Å². The van der Waals surface area contributed by atoms with Gasteiger partial charge in [0.2, 0.25) is 0 Å². The van der Waals surface area contributed by atoms with Crippen LogP contribution in [-0.2, 0) is 17.8 Å². The molecule has 4 rings (SSSR count). The molecule has 0 radical (unpaired) electrons. The number of benzene rings is 1. The number of anilines is 1. The van der Waals surface area contributed by atoms with Crippen LogP contribution >= 0.6 is 0 Å². The zero-order chi connectivity index (χ0) is 24.9. The molecule has 0 spiro atoms. The second-order valence-electron chi connectivity index (χ2n) is 8.75. The number of amides is 2. The predicted molar refractivity (Wildman–Crippen MR) is 134 cm³/mol. The van der Waals surface area contributed by atoms with Crippen LogP contribution in [0.4, 0.5) is 10.1 Å². The smallest absolute Gasteiger partial charge is 0.270 e. The number of hydrogen-bond donors (Lipinski definition) is 4. The van der Waals surface area contributed by atoms with Crippen molar-refractivity contribution in [1.29, 1.82) is 0 Å². The molecule has 1 aromatic heterocycles. The molecule has 2 aliphatic rings. The van der Waals surface area contributed by atoms with Gasteiger partial charge in [-0.2, -0.15) is 0 Å². The van der Waals surface area contributed by atoms with Crippen molar-refractivity contribution in [2.75, 3.05) is 25.0 Å². The van der Waals surface area contributed by atoms with Gasteiger partial charge in [0.1, 0.15) is 17.3 Å². The van der Waals surface area contributed by atoms with E-state index in [1.165, 1.54) is 12.1 Å². The van der Waals surface area contributed by atoms with Crippen LogP contribution in [-0.4, -0.2) is 41.3 Å². The first-order valence-electron chi connectivity index (χ1n) is 12.0. The molecule has 0 bridgehead atoms. The first kappa shape index (κ1) is 24.4. The third-order valence-corrected chi connectivity index (χ3v) is 5.98. The van der Waals surface area contributed by atoms with Crippen molar-refractivity contribution in [3.05, 3.63) is 69.7 Å². The monoisotopic (exact) mass is 478 g/mol. The summed E-state index contributed by atoms with van der Waals surface area (Å²) in [5.74, 6) is -1.24. The van der Waals surface area contributed by atoms with Crippen molar-refractivity contribution in [3.8, 4) is 0 Å². The van der Waals surface area contributed by atoms with Crippen molar-refractivity contribution in [3.63, 3.8) is 0 Å². The normalized spacial score (nSPS) is 14.5. The van der Waals surface area contributed by atoms with Gasteiger partial charge in [-0.1, -0.05) is 13.8 Å². The molecule has 0 saturated carbocycles. The lowest BCUT2D eigenvalue weighted by Gasteiger charge is -2.23. The second kappa shape index (κ2) is 10.7. The summed E-state index contributed by atoms with van der Waals surface area (Å²) in [6.07, 6.45) is 7.24. The maximum atomic E-state index is 15.1. The van der Waals surface area contributed by atoms with E-state index >= 15 is 4.39 Å². The molecular formula is C26H31FN6O2. The number of aromatic nitrogens is 1. The Morgan fingerprint density at radius 3 is 2.63 bits per heavy atom. The minimum absolute atomic E-state index is 0.120. The van der Waals surface area contributed by atoms with Crippen LogP contribution < -0.4 is 21.7 Å². The predicted octanol–water partition coefficient (Wildman–Crippen LogP) is 2.97. The topological polar surface area (TPSA) is 112 Å². The summed E-state index contributed by atoms with van der Waals surface area (Å²) in [4.78, 5) is 32.2. The highest BCUT2D eigenvalue weighted by atomic mass is 19.1. The lowest BCUT2D eigenvalue weighted by atomic mass is 10.0. The molecule has 9 heteroatoms. The first-order valence-corrected chi connectivity index (χ1v) is 12.0. The van der Waals surface area contributed by atoms with Gasteiger partial charge >= 0.3 is 0 Å². The molecule has 8 nitrogen and oxygen atoms in total. The average Bonchev–Trinajstić information content (AvgIpc) is 3.00. The summed E-state index contributed by atoms with van der Waals surface area (Å²) in [5, 5.41) is 8.94. The third-order valence-electron chi connectivity index (χ3n) is 5.98. The van der Waals surface area contributed by atoms with Crippen LogP contribution in [0, 0.1) is 5.82 Å². The van der Waals surface area contributed by atoms with Crippen LogP contribution in [0.15, 0.2) is 35.9 Å². The number of pyridine rings is 1. The van der Waals surface area contributed by atoms with Gasteiger partial charge in [0, 0.05) is 38.3 Å². The van der Waals surface area contributed by atoms with Gasteiger partial charge in [-0.05, 0) is 59.9 Å². The van der Waals surface area contributed by atoms with E-state index in [0.29, 0.717) is 36.4 Å². The fourth-order valence-corrected chi connectivity index (χ4v) is 4.33. The SMILES string of the molecule is CCCN(CCC)C(=O)C1=Cc2cc(F)c(C(=O)Nc3cnc4c(c3)CNCC4)cc2C=C(N)N1. The summed E-state index contributed by atoms with van der Waals surface area (Å²) < 4.78 is 15.1. The minimum atomic E-state index is -0.690. The molecule has 2 aliphatic heterocycles. The zero-order valence-corrected chi connectivity index (χ0v) is 20.1. The van der Waals surface area contributed by atoms with Crippen molar-refractivity contribution in [2.24, 2.45) is 5.73 Å². The molecule has 1 aromatic carbocycles. The highest BCUT2D eigenvalue weighted by Crippen LogP contribution is 2.25. The van der Waals surface area contributed by atoms with E-state index in [1.807, 2.05) is 19.9 Å². The molecule has 5 N–H and O–H groups in total. The number of fused-ring (bicyclic) bond motifs is 2. The van der Waals surface area contributed by atoms with E-state index < -0.39 is 11.7 Å². The number of carbonyl (C=O) groups excluding carboxylic acids is 2. The van der Waals surface area contributed by atoms with Gasteiger partial charge in [-0.25, -0.2) is 4.39 Å². The molecule has 3 heterocycles. The third kappa shape index (κ3) is 5.51. The van der Waals surface area contributed by atoms with Crippen molar-refractivity contribution in [1.82, 2.24) is 20.5 Å². The largest absolute Gasteiger partial charge is 0.385 e. The molecule has 2 aromatic rings. The number of carbonyl (C=O) groups is 2. The Morgan fingerprint density at radius 2 is 1.89 bits per heavy atom. The highest BCUT2D eigenvalue weighted by Gasteiger charge is 2.22. The van der Waals surface area contributed by atoms with Crippen LogP contribution in [0.1, 0.15) is 59.4 Å². The average molecular weight is 479 g/mol. The molecule has 0 unspecified atom stereocenters. The maximum Gasteiger partial charge on any atom is 0.270 e. The Kier molecular flexibility index (Phi) is 7.45. The Balaban J connectivity index is 1.61. The highest BCUT2D eigenvalue weighted by molar-refractivity contribution is 6.05. The van der Waals surface area contributed by atoms with Crippen molar-refractivity contribution in [2.45, 2.75) is 39.7 Å². The van der Waals surface area contributed by atoms with Crippen LogP contribution in [0.25, 0.3) is 12.2 Å². The van der Waals surface area contributed by atoms with Gasteiger partial charge in [0.15, 0.2) is 0 Å². The quantitative estimate of drug-likeness (QED) is 0.487. The molecule has 0 saturated heterocycles. The summed E-state index contributed by atoms with van der Waals surface area (Å²) in [6.45, 7) is 6.79. The van der Waals surface area contributed by atoms with Gasteiger partial charge in [0.05, 0.1) is 17.4 Å². The Labute approximate surface area is 204 Å². The number of nitrogens with one attached hydrogen (secondary N) is 3. The van der Waals surface area contributed by atoms with Crippen LogP contribution in [0.2, 0.25) is 0 Å². The Bertz CT molecular complexity index is 1200. The number of hydrogen-bond acceptors (Lipinski definition) is 6. The Hall–Kier alpha value is -3.72. The van der Waals surface area contributed by atoms with Gasteiger partial charge in [-0.15, -0.1) is 0 Å². The summed E-state index contributed by atoms with van der Waals surface area (Å²) in [7, 11) is 0. The lowest BCUT2D eigenvalue weighted by Crippen LogP contribution is -2.38. The minimum Gasteiger partial charge on any atom is -0.385 e. The molecule has 0 atom stereocenters. The molecular weight excluding hydrogens is 447 g/mol. The van der Waals surface area contributed by atoms with Crippen molar-refractivity contribution < 1.29 is 14.0 Å². The van der Waals surface area contributed by atoms with E-state index in [1.54, 1.807) is 23.2 Å². The van der Waals surface area contributed by atoms with E-state index in [0.717, 1.165) is 37.1 Å². The van der Waals surface area contributed by atoms with Crippen LogP contribution in [0.3, 0.4) is 0 Å². The maximum absolute atomic E-state index is 15.1. The summed E-state index contributed by atoms with van der Waals surface area (Å²) in [5.41, 5.74) is 9.77. The van der Waals surface area contributed by atoms with Gasteiger partial charge in [-0.3, -0.25) is 14.6 Å². The fourth-order valence-electron chi connectivity index (χ4n) is 4.33. The fraction of sp³-hybridized carbons (Fsp3) is 0.346. The summed E-state index contributed by atoms with van der Waals surface area (Å²) >= 11 is 0. The number of nitrogens with zero attached hydrogens (tertiary/aromatic N) is 2. The molecule has 2 amide bonds. The second-order valence-corrected chi connectivity index (χ2v) is 8.75. The van der Waals surface area contributed by atoms with Crippen molar-refractivity contribution >= 4 is 29.7 Å². The molecule has 0 fully saturated rings. The number of nitrogens with two attached hydrogens (primary N) is 1. The Morgan fingerprint density at radius 1 is 1.14 bits per heavy atom. The van der Waals surface area contributed by atoms with Gasteiger partial charge in [0.25, 0.3) is 11.8 Å². The molecule has 0 aliphatic carbocycles. The van der Waals surface area contributed by atoms with E-state index in [9.17, 15) is 9.59 Å². The van der Waals surface area contributed by atoms with E-state index in [4.69, 9.17) is 5.73 Å². The lowest BCUT2D eigenvalue weighted by molar-refractivity contribution is -0.127. The first-order chi connectivity index (χ1) is 16.9.